The summed E-state index contributed by atoms with van der Waals surface area (Å²) in [5.41, 5.74) is -1.10. The third-order valence-electron chi connectivity index (χ3n) is 3.14. The maximum absolute atomic E-state index is 11.7. The highest BCUT2D eigenvalue weighted by Crippen LogP contribution is 2.29. The number of carbonyl (C=O) groups is 2. The lowest BCUT2D eigenvalue weighted by molar-refractivity contribution is -0.126. The zero-order valence-electron chi connectivity index (χ0n) is 11.9. The maximum Gasteiger partial charge on any atom is 0.237 e. The molecular weight excluding hydrogens is 332 g/mol. The molecule has 22 heavy (non-hydrogen) atoms. The molecule has 0 bridgehead atoms. The Kier molecular flexibility index (Phi) is 5.52. The van der Waals surface area contributed by atoms with Crippen LogP contribution in [0.25, 0.3) is 0 Å². The molecule has 0 aromatic heterocycles. The number of sulfone groups is 2. The van der Waals surface area contributed by atoms with E-state index in [9.17, 15) is 26.4 Å². The molecule has 0 heterocycles. The van der Waals surface area contributed by atoms with Crippen LogP contribution in [0.1, 0.15) is 19.3 Å². The standard InChI is InChI=1S/C12H18N2O6S2/c1-3-21(17,18)8-10(15)13-12(6-5-7-12)14-11(16)9-22(19,20)4-2/h3-4H,1-2,5-9H2,(H,13,15)(H,14,16). The highest BCUT2D eigenvalue weighted by molar-refractivity contribution is 7.95. The van der Waals surface area contributed by atoms with Gasteiger partial charge in [-0.25, -0.2) is 16.8 Å². The summed E-state index contributed by atoms with van der Waals surface area (Å²) in [7, 11) is -7.41. The van der Waals surface area contributed by atoms with Gasteiger partial charge in [-0.05, 0) is 19.3 Å². The van der Waals surface area contributed by atoms with Crippen molar-refractivity contribution in [3.63, 3.8) is 0 Å². The Labute approximate surface area is 129 Å². The Morgan fingerprint density at radius 1 is 0.909 bits per heavy atom. The molecule has 1 saturated carbocycles. The van der Waals surface area contributed by atoms with Crippen molar-refractivity contribution < 1.29 is 26.4 Å². The van der Waals surface area contributed by atoms with Crippen molar-refractivity contribution in [1.29, 1.82) is 0 Å². The molecule has 0 atom stereocenters. The first-order chi connectivity index (χ1) is 10.0. The Morgan fingerprint density at radius 2 is 1.27 bits per heavy atom. The summed E-state index contributed by atoms with van der Waals surface area (Å²) in [4.78, 5) is 23.5. The van der Waals surface area contributed by atoms with Gasteiger partial charge in [-0.1, -0.05) is 13.2 Å². The molecule has 2 N–H and O–H groups in total. The van der Waals surface area contributed by atoms with Crippen LogP contribution >= 0.6 is 0 Å². The first-order valence-electron chi connectivity index (χ1n) is 6.35. The predicted molar refractivity (Wildman–Crippen MR) is 80.8 cm³/mol. The van der Waals surface area contributed by atoms with Crippen molar-refractivity contribution in [3.05, 3.63) is 24.0 Å². The van der Waals surface area contributed by atoms with Gasteiger partial charge in [0.2, 0.25) is 11.8 Å². The summed E-state index contributed by atoms with van der Waals surface area (Å²) in [6.45, 7) is 6.20. The summed E-state index contributed by atoms with van der Waals surface area (Å²) in [5, 5.41) is 6.22. The molecule has 10 heteroatoms. The molecule has 0 aromatic carbocycles. The van der Waals surface area contributed by atoms with Gasteiger partial charge in [-0.3, -0.25) is 9.59 Å². The first kappa shape index (κ1) is 18.4. The summed E-state index contributed by atoms with van der Waals surface area (Å²) >= 11 is 0. The fraction of sp³-hybridized carbons (Fsp3) is 0.500. The van der Waals surface area contributed by atoms with Gasteiger partial charge in [0.05, 0.1) is 0 Å². The van der Waals surface area contributed by atoms with Crippen LogP contribution in [-0.2, 0) is 29.3 Å². The largest absolute Gasteiger partial charge is 0.333 e. The van der Waals surface area contributed by atoms with Gasteiger partial charge in [0, 0.05) is 10.8 Å². The van der Waals surface area contributed by atoms with Crippen molar-refractivity contribution in [2.24, 2.45) is 0 Å². The van der Waals surface area contributed by atoms with Crippen molar-refractivity contribution in [1.82, 2.24) is 10.6 Å². The zero-order chi connectivity index (χ0) is 17.0. The van der Waals surface area contributed by atoms with E-state index in [4.69, 9.17) is 0 Å². The molecule has 0 radical (unpaired) electrons. The number of nitrogens with one attached hydrogen (secondary N) is 2. The topological polar surface area (TPSA) is 126 Å². The lowest BCUT2D eigenvalue weighted by atomic mass is 9.84. The second-order valence-corrected chi connectivity index (χ2v) is 8.88. The highest BCUT2D eigenvalue weighted by Gasteiger charge is 2.40. The Morgan fingerprint density at radius 3 is 1.50 bits per heavy atom. The van der Waals surface area contributed by atoms with Crippen molar-refractivity contribution >= 4 is 31.5 Å². The summed E-state index contributed by atoms with van der Waals surface area (Å²) in [6.07, 6.45) is 1.50. The van der Waals surface area contributed by atoms with Crippen molar-refractivity contribution in [3.8, 4) is 0 Å². The summed E-state index contributed by atoms with van der Waals surface area (Å²) in [5.74, 6) is -3.13. The van der Waals surface area contributed by atoms with Gasteiger partial charge < -0.3 is 10.6 Å². The number of amides is 2. The average molecular weight is 350 g/mol. The van der Waals surface area contributed by atoms with E-state index in [-0.39, 0.29) is 0 Å². The van der Waals surface area contributed by atoms with Crippen LogP contribution in [0.3, 0.4) is 0 Å². The van der Waals surface area contributed by atoms with Gasteiger partial charge >= 0.3 is 0 Å². The van der Waals surface area contributed by atoms with Crippen LogP contribution < -0.4 is 10.6 Å². The maximum atomic E-state index is 11.7. The van der Waals surface area contributed by atoms with Gasteiger partial charge in [-0.15, -0.1) is 0 Å². The highest BCUT2D eigenvalue weighted by atomic mass is 32.2. The van der Waals surface area contributed by atoms with Crippen LogP contribution in [0.4, 0.5) is 0 Å². The zero-order valence-corrected chi connectivity index (χ0v) is 13.5. The van der Waals surface area contributed by atoms with Gasteiger partial charge in [-0.2, -0.15) is 0 Å². The van der Waals surface area contributed by atoms with E-state index in [1.54, 1.807) is 0 Å². The Balaban J connectivity index is 2.69. The second kappa shape index (κ2) is 6.61. The minimum Gasteiger partial charge on any atom is -0.333 e. The molecule has 0 aromatic rings. The Bertz CT molecular complexity index is 633. The molecule has 1 fully saturated rings. The minimum absolute atomic E-state index is 0.396. The summed E-state index contributed by atoms with van der Waals surface area (Å²) < 4.78 is 45.2. The van der Waals surface area contributed by atoms with Crippen molar-refractivity contribution in [2.75, 3.05) is 11.5 Å². The number of carbonyl (C=O) groups excluding carboxylic acids is 2. The number of hydrogen-bond donors (Lipinski definition) is 2. The Hall–Kier alpha value is -1.68. The van der Waals surface area contributed by atoms with Crippen LogP contribution in [0.5, 0.6) is 0 Å². The number of rotatable bonds is 8. The molecule has 0 saturated heterocycles. The fourth-order valence-electron chi connectivity index (χ4n) is 1.90. The molecule has 1 aliphatic rings. The third-order valence-corrected chi connectivity index (χ3v) is 5.48. The molecule has 124 valence electrons. The van der Waals surface area contributed by atoms with Gasteiger partial charge in [0.25, 0.3) is 0 Å². The first-order valence-corrected chi connectivity index (χ1v) is 9.79. The van der Waals surface area contributed by atoms with Gasteiger partial charge in [0.15, 0.2) is 19.7 Å². The normalized spacial score (nSPS) is 16.9. The lowest BCUT2D eigenvalue weighted by Gasteiger charge is -2.43. The molecule has 2 amide bonds. The van der Waals surface area contributed by atoms with Crippen LogP contribution in [-0.4, -0.2) is 45.8 Å². The molecule has 1 rings (SSSR count). The van der Waals surface area contributed by atoms with Crippen LogP contribution in [0.15, 0.2) is 24.0 Å². The summed E-state index contributed by atoms with van der Waals surface area (Å²) in [6, 6.07) is 0. The smallest absolute Gasteiger partial charge is 0.237 e. The number of hydrogen-bond acceptors (Lipinski definition) is 6. The van der Waals surface area contributed by atoms with Gasteiger partial charge in [0.1, 0.15) is 17.2 Å². The van der Waals surface area contributed by atoms with E-state index in [1.807, 2.05) is 0 Å². The van der Waals surface area contributed by atoms with Crippen LogP contribution in [0, 0.1) is 0 Å². The van der Waals surface area contributed by atoms with E-state index in [1.165, 1.54) is 0 Å². The van der Waals surface area contributed by atoms with E-state index in [0.717, 1.165) is 0 Å². The monoisotopic (exact) mass is 350 g/mol. The van der Waals surface area contributed by atoms with Crippen LogP contribution in [0.2, 0.25) is 0 Å². The molecule has 1 aliphatic carbocycles. The van der Waals surface area contributed by atoms with Crippen molar-refractivity contribution in [2.45, 2.75) is 24.9 Å². The third kappa shape index (κ3) is 5.26. The quantitative estimate of drug-likeness (QED) is 0.553. The van der Waals surface area contributed by atoms with E-state index in [0.29, 0.717) is 30.1 Å². The predicted octanol–water partition coefficient (Wildman–Crippen LogP) is -0.784. The second-order valence-electron chi connectivity index (χ2n) is 4.98. The molecular formula is C12H18N2O6S2. The molecule has 0 unspecified atom stereocenters. The molecule has 0 spiro atoms. The van der Waals surface area contributed by atoms with E-state index in [2.05, 4.69) is 23.8 Å². The molecule has 0 aliphatic heterocycles. The average Bonchev–Trinajstić information content (AvgIpc) is 2.34. The van der Waals surface area contributed by atoms with E-state index >= 15 is 0 Å². The SMILES string of the molecule is C=CS(=O)(=O)CC(=O)NC1(NC(=O)CS(=O)(=O)C=C)CCC1. The lowest BCUT2D eigenvalue weighted by Crippen LogP contribution is -2.65. The molecule has 8 nitrogen and oxygen atoms in total. The fourth-order valence-corrected chi connectivity index (χ4v) is 3.01. The minimum atomic E-state index is -3.71. The van der Waals surface area contributed by atoms with E-state index < -0.39 is 48.7 Å².